The normalized spacial score (nSPS) is 22.5. The summed E-state index contributed by atoms with van der Waals surface area (Å²) in [6.45, 7) is 4.31. The van der Waals surface area contributed by atoms with Gasteiger partial charge in [-0.15, -0.1) is 0 Å². The molecule has 2 rings (SSSR count). The van der Waals surface area contributed by atoms with Crippen LogP contribution in [0, 0.1) is 17.7 Å². The summed E-state index contributed by atoms with van der Waals surface area (Å²) >= 11 is 3.19. The molecule has 1 aromatic rings. The van der Waals surface area contributed by atoms with Gasteiger partial charge in [0.15, 0.2) is 0 Å². The highest BCUT2D eigenvalue weighted by Gasteiger charge is 2.32. The van der Waals surface area contributed by atoms with Gasteiger partial charge in [0.1, 0.15) is 5.82 Å². The van der Waals surface area contributed by atoms with Crippen molar-refractivity contribution >= 4 is 27.9 Å². The van der Waals surface area contributed by atoms with Gasteiger partial charge in [0, 0.05) is 23.1 Å². The molecular weight excluding hydrogens is 367 g/mol. The number of piperidine rings is 1. The lowest BCUT2D eigenvalue weighted by molar-refractivity contribution is -0.143. The fourth-order valence-electron chi connectivity index (χ4n) is 2.90. The quantitative estimate of drug-likeness (QED) is 0.835. The molecule has 1 aliphatic rings. The van der Waals surface area contributed by atoms with Crippen molar-refractivity contribution in [1.29, 1.82) is 0 Å². The number of nitrogens with one attached hydrogen (secondary N) is 1. The first-order valence-electron chi connectivity index (χ1n) is 7.51. The number of rotatable bonds is 3. The Labute approximate surface area is 143 Å². The van der Waals surface area contributed by atoms with E-state index in [2.05, 4.69) is 21.2 Å². The lowest BCUT2D eigenvalue weighted by atomic mass is 9.91. The number of halogens is 2. The number of aliphatic carboxylic acids is 1. The molecule has 0 saturated carbocycles. The molecule has 1 aromatic carbocycles. The number of nitrogens with zero attached hydrogens (tertiary/aromatic N) is 1. The first-order chi connectivity index (χ1) is 10.8. The molecule has 5 nitrogen and oxygen atoms in total. The SMILES string of the molecule is CC1CC(C(=O)O)CN(C(=O)N[C@@H](C)c2ccc(Br)cc2F)C1. The number of urea groups is 1. The molecule has 1 saturated heterocycles. The molecule has 0 radical (unpaired) electrons. The average molecular weight is 387 g/mol. The Morgan fingerprint density at radius 2 is 2.13 bits per heavy atom. The maximum Gasteiger partial charge on any atom is 0.317 e. The number of hydrogen-bond acceptors (Lipinski definition) is 2. The Balaban J connectivity index is 2.04. The van der Waals surface area contributed by atoms with E-state index in [0.717, 1.165) is 0 Å². The molecule has 1 heterocycles. The molecule has 23 heavy (non-hydrogen) atoms. The van der Waals surface area contributed by atoms with E-state index in [0.29, 0.717) is 23.0 Å². The Morgan fingerprint density at radius 1 is 1.43 bits per heavy atom. The number of carbonyl (C=O) groups excluding carboxylic acids is 1. The van der Waals surface area contributed by atoms with Crippen LogP contribution in [0.1, 0.15) is 31.9 Å². The number of carboxylic acids is 1. The molecule has 2 unspecified atom stereocenters. The number of carbonyl (C=O) groups is 2. The Morgan fingerprint density at radius 3 is 2.74 bits per heavy atom. The van der Waals surface area contributed by atoms with Crippen LogP contribution >= 0.6 is 15.9 Å². The first kappa shape index (κ1) is 17.7. The molecule has 0 spiro atoms. The highest BCUT2D eigenvalue weighted by molar-refractivity contribution is 9.10. The van der Waals surface area contributed by atoms with Crippen LogP contribution in [0.2, 0.25) is 0 Å². The van der Waals surface area contributed by atoms with Gasteiger partial charge in [0.25, 0.3) is 0 Å². The molecule has 0 aliphatic carbocycles. The molecule has 0 bridgehead atoms. The zero-order valence-electron chi connectivity index (χ0n) is 13.1. The monoisotopic (exact) mass is 386 g/mol. The van der Waals surface area contributed by atoms with Crippen molar-refractivity contribution in [2.45, 2.75) is 26.3 Å². The fraction of sp³-hybridized carbons (Fsp3) is 0.500. The van der Waals surface area contributed by atoms with Crippen LogP contribution in [0.3, 0.4) is 0 Å². The van der Waals surface area contributed by atoms with E-state index in [-0.39, 0.29) is 18.5 Å². The Bertz CT molecular complexity index is 611. The maximum absolute atomic E-state index is 14.0. The van der Waals surface area contributed by atoms with E-state index in [1.54, 1.807) is 19.1 Å². The molecule has 3 atom stereocenters. The first-order valence-corrected chi connectivity index (χ1v) is 8.30. The predicted molar refractivity (Wildman–Crippen MR) is 87.5 cm³/mol. The lowest BCUT2D eigenvalue weighted by Crippen LogP contribution is -2.50. The largest absolute Gasteiger partial charge is 0.481 e. The van der Waals surface area contributed by atoms with Crippen LogP contribution in [0.4, 0.5) is 9.18 Å². The smallest absolute Gasteiger partial charge is 0.317 e. The van der Waals surface area contributed by atoms with Gasteiger partial charge in [-0.05, 0) is 31.4 Å². The molecule has 2 N–H and O–H groups in total. The number of likely N-dealkylation sites (tertiary alicyclic amines) is 1. The van der Waals surface area contributed by atoms with Crippen molar-refractivity contribution in [3.05, 3.63) is 34.1 Å². The van der Waals surface area contributed by atoms with Gasteiger partial charge in [-0.1, -0.05) is 28.9 Å². The highest BCUT2D eigenvalue weighted by atomic mass is 79.9. The summed E-state index contributed by atoms with van der Waals surface area (Å²) in [5.74, 6) is -1.72. The number of amides is 2. The second-order valence-corrected chi connectivity index (χ2v) is 7.03. The third-order valence-electron chi connectivity index (χ3n) is 4.07. The molecule has 0 aromatic heterocycles. The predicted octanol–water partition coefficient (Wildman–Crippen LogP) is 3.40. The van der Waals surface area contributed by atoms with Crippen LogP contribution in [-0.2, 0) is 4.79 Å². The van der Waals surface area contributed by atoms with Crippen LogP contribution < -0.4 is 5.32 Å². The molecule has 2 amide bonds. The summed E-state index contributed by atoms with van der Waals surface area (Å²) in [5.41, 5.74) is 0.390. The van der Waals surface area contributed by atoms with Crippen molar-refractivity contribution in [3.8, 4) is 0 Å². The van der Waals surface area contributed by atoms with Gasteiger partial charge in [0.2, 0.25) is 0 Å². The van der Waals surface area contributed by atoms with Gasteiger partial charge in [0.05, 0.1) is 12.0 Å². The number of benzene rings is 1. The molecule has 1 aliphatic heterocycles. The standard InChI is InChI=1S/C16H20BrFN2O3/c1-9-5-11(15(21)22)8-20(7-9)16(23)19-10(2)13-4-3-12(17)6-14(13)18/h3-4,6,9-11H,5,7-8H2,1-2H3,(H,19,23)(H,21,22)/t9?,10-,11?/m0/s1. The van der Waals surface area contributed by atoms with Crippen LogP contribution in [0.15, 0.2) is 22.7 Å². The minimum Gasteiger partial charge on any atom is -0.481 e. The third kappa shape index (κ3) is 4.43. The lowest BCUT2D eigenvalue weighted by Gasteiger charge is -2.35. The van der Waals surface area contributed by atoms with Crippen molar-refractivity contribution in [2.24, 2.45) is 11.8 Å². The molecular formula is C16H20BrFN2O3. The average Bonchev–Trinajstić information content (AvgIpc) is 2.46. The summed E-state index contributed by atoms with van der Waals surface area (Å²) < 4.78 is 14.6. The van der Waals surface area contributed by atoms with Gasteiger partial charge in [-0.25, -0.2) is 9.18 Å². The van der Waals surface area contributed by atoms with Gasteiger partial charge in [-0.2, -0.15) is 0 Å². The van der Waals surface area contributed by atoms with Crippen LogP contribution in [-0.4, -0.2) is 35.1 Å². The zero-order valence-corrected chi connectivity index (χ0v) is 14.6. The van der Waals surface area contributed by atoms with E-state index in [4.69, 9.17) is 5.11 Å². The minimum atomic E-state index is -0.888. The fourth-order valence-corrected chi connectivity index (χ4v) is 3.24. The summed E-state index contributed by atoms with van der Waals surface area (Å²) in [4.78, 5) is 25.0. The van der Waals surface area contributed by atoms with E-state index < -0.39 is 23.7 Å². The van der Waals surface area contributed by atoms with Crippen molar-refractivity contribution < 1.29 is 19.1 Å². The van der Waals surface area contributed by atoms with Crippen molar-refractivity contribution in [3.63, 3.8) is 0 Å². The van der Waals surface area contributed by atoms with Gasteiger partial charge in [-0.3, -0.25) is 4.79 Å². The van der Waals surface area contributed by atoms with E-state index in [1.807, 2.05) is 6.92 Å². The molecule has 7 heteroatoms. The topological polar surface area (TPSA) is 69.6 Å². The van der Waals surface area contributed by atoms with Crippen LogP contribution in [0.5, 0.6) is 0 Å². The van der Waals surface area contributed by atoms with Gasteiger partial charge >= 0.3 is 12.0 Å². The van der Waals surface area contributed by atoms with Crippen molar-refractivity contribution in [2.75, 3.05) is 13.1 Å². The van der Waals surface area contributed by atoms with E-state index in [9.17, 15) is 14.0 Å². The summed E-state index contributed by atoms with van der Waals surface area (Å²) in [6.07, 6.45) is 0.565. The molecule has 126 valence electrons. The second kappa shape index (κ2) is 7.29. The van der Waals surface area contributed by atoms with Gasteiger partial charge < -0.3 is 15.3 Å². The third-order valence-corrected chi connectivity index (χ3v) is 4.56. The minimum absolute atomic E-state index is 0.121. The second-order valence-electron chi connectivity index (χ2n) is 6.12. The Hall–Kier alpha value is -1.63. The molecule has 1 fully saturated rings. The summed E-state index contributed by atoms with van der Waals surface area (Å²) in [7, 11) is 0. The number of hydrogen-bond donors (Lipinski definition) is 2. The maximum atomic E-state index is 14.0. The highest BCUT2D eigenvalue weighted by Crippen LogP contribution is 2.24. The van der Waals surface area contributed by atoms with E-state index >= 15 is 0 Å². The summed E-state index contributed by atoms with van der Waals surface area (Å²) in [5, 5.41) is 11.9. The van der Waals surface area contributed by atoms with Crippen molar-refractivity contribution in [1.82, 2.24) is 10.2 Å². The Kier molecular flexibility index (Phi) is 5.62. The summed E-state index contributed by atoms with van der Waals surface area (Å²) in [6, 6.07) is 3.81. The van der Waals surface area contributed by atoms with Crippen LogP contribution in [0.25, 0.3) is 0 Å². The van der Waals surface area contributed by atoms with E-state index in [1.165, 1.54) is 11.0 Å². The zero-order chi connectivity index (χ0) is 17.1. The number of carboxylic acid groups (broad SMARTS) is 1.